The zero-order valence-electron chi connectivity index (χ0n) is 13.1. The van der Waals surface area contributed by atoms with Gasteiger partial charge in [-0.1, -0.05) is 0 Å². The number of sulfonamides is 1. The minimum atomic E-state index is -3.54. The largest absolute Gasteiger partial charge is 0.383 e. The first-order valence-corrected chi connectivity index (χ1v) is 8.63. The predicted molar refractivity (Wildman–Crippen MR) is 81.6 cm³/mol. The number of methoxy groups -OCH3 is 1. The van der Waals surface area contributed by atoms with Crippen LogP contribution in [0.2, 0.25) is 0 Å². The summed E-state index contributed by atoms with van der Waals surface area (Å²) in [5, 5.41) is 3.39. The molecule has 6 nitrogen and oxygen atoms in total. The molecule has 0 unspecified atom stereocenters. The summed E-state index contributed by atoms with van der Waals surface area (Å²) in [6.07, 6.45) is 4.07. The molecule has 0 spiro atoms. The second-order valence-electron chi connectivity index (χ2n) is 6.36. The van der Waals surface area contributed by atoms with E-state index in [0.717, 1.165) is 5.69 Å². The fourth-order valence-electron chi connectivity index (χ4n) is 2.25. The number of rotatable bonds is 8. The predicted octanol–water partition coefficient (Wildman–Crippen LogP) is 0.980. The number of nitrogens with one attached hydrogen (secondary N) is 2. The maximum Gasteiger partial charge on any atom is 0.242 e. The maximum atomic E-state index is 12.4. The van der Waals surface area contributed by atoms with E-state index in [0.29, 0.717) is 24.1 Å². The van der Waals surface area contributed by atoms with Gasteiger partial charge in [-0.25, -0.2) is 13.1 Å². The summed E-state index contributed by atoms with van der Waals surface area (Å²) in [5.41, 5.74) is 0.322. The van der Waals surface area contributed by atoms with E-state index in [1.807, 2.05) is 11.6 Å². The monoisotopic (exact) mass is 315 g/mol. The van der Waals surface area contributed by atoms with Gasteiger partial charge in [0.05, 0.1) is 17.0 Å². The van der Waals surface area contributed by atoms with Gasteiger partial charge in [-0.15, -0.1) is 0 Å². The molecule has 1 aliphatic rings. The number of hydrogen-bond acceptors (Lipinski definition) is 4. The Hall–Kier alpha value is -0.890. The van der Waals surface area contributed by atoms with E-state index < -0.39 is 15.6 Å². The zero-order valence-corrected chi connectivity index (χ0v) is 14.0. The second-order valence-corrected chi connectivity index (χ2v) is 8.04. The quantitative estimate of drug-likeness (QED) is 0.750. The van der Waals surface area contributed by atoms with Gasteiger partial charge in [-0.3, -0.25) is 0 Å². The normalized spacial score (nSPS) is 16.4. The summed E-state index contributed by atoms with van der Waals surface area (Å²) in [4.78, 5) is 0.293. The van der Waals surface area contributed by atoms with E-state index in [2.05, 4.69) is 10.0 Å². The molecule has 0 aromatic carbocycles. The van der Waals surface area contributed by atoms with Gasteiger partial charge in [0, 0.05) is 38.6 Å². The smallest absolute Gasteiger partial charge is 0.242 e. The van der Waals surface area contributed by atoms with Crippen LogP contribution < -0.4 is 10.0 Å². The van der Waals surface area contributed by atoms with Crippen LogP contribution in [-0.4, -0.2) is 38.3 Å². The Morgan fingerprint density at radius 2 is 2.10 bits per heavy atom. The summed E-state index contributed by atoms with van der Waals surface area (Å²) < 4.78 is 34.5. The minimum Gasteiger partial charge on any atom is -0.383 e. The van der Waals surface area contributed by atoms with Crippen molar-refractivity contribution in [2.75, 3.05) is 13.7 Å². The molecule has 7 heteroatoms. The standard InChI is InChI=1S/C14H25N3O3S/c1-14(2,10-20-4)16-21(18,19)13-7-12(17(3)9-13)8-15-11-5-6-11/h7,9,11,15-16H,5-6,8,10H2,1-4H3. The fourth-order valence-corrected chi connectivity index (χ4v) is 3.74. The zero-order chi connectivity index (χ0) is 15.7. The van der Waals surface area contributed by atoms with Crippen molar-refractivity contribution in [3.8, 4) is 0 Å². The molecular weight excluding hydrogens is 290 g/mol. The summed E-state index contributed by atoms with van der Waals surface area (Å²) >= 11 is 0. The lowest BCUT2D eigenvalue weighted by molar-refractivity contribution is 0.141. The minimum absolute atomic E-state index is 0.293. The average molecular weight is 315 g/mol. The van der Waals surface area contributed by atoms with Gasteiger partial charge in [0.15, 0.2) is 0 Å². The molecule has 1 fully saturated rings. The van der Waals surface area contributed by atoms with Crippen LogP contribution in [0.1, 0.15) is 32.4 Å². The Morgan fingerprint density at radius 1 is 1.43 bits per heavy atom. The van der Waals surface area contributed by atoms with Crippen molar-refractivity contribution in [2.24, 2.45) is 7.05 Å². The molecule has 1 saturated carbocycles. The van der Waals surface area contributed by atoms with E-state index in [-0.39, 0.29) is 0 Å². The van der Waals surface area contributed by atoms with Gasteiger partial charge in [-0.2, -0.15) is 0 Å². The summed E-state index contributed by atoms with van der Waals surface area (Å²) in [5.74, 6) is 0. The van der Waals surface area contributed by atoms with E-state index >= 15 is 0 Å². The molecule has 1 aliphatic carbocycles. The summed E-state index contributed by atoms with van der Waals surface area (Å²) in [6.45, 7) is 4.60. The van der Waals surface area contributed by atoms with Crippen LogP contribution in [0.3, 0.4) is 0 Å². The van der Waals surface area contributed by atoms with Crippen molar-refractivity contribution in [1.29, 1.82) is 0 Å². The average Bonchev–Trinajstić information content (AvgIpc) is 3.08. The first-order valence-electron chi connectivity index (χ1n) is 7.15. The molecule has 2 N–H and O–H groups in total. The molecule has 0 amide bonds. The number of aryl methyl sites for hydroxylation is 1. The van der Waals surface area contributed by atoms with Crippen LogP contribution in [-0.2, 0) is 28.4 Å². The van der Waals surface area contributed by atoms with Gasteiger partial charge >= 0.3 is 0 Å². The van der Waals surface area contributed by atoms with Gasteiger partial charge in [-0.05, 0) is 32.8 Å². The van der Waals surface area contributed by atoms with Gasteiger partial charge < -0.3 is 14.6 Å². The highest BCUT2D eigenvalue weighted by Crippen LogP contribution is 2.21. The molecular formula is C14H25N3O3S. The van der Waals surface area contributed by atoms with E-state index in [1.54, 1.807) is 33.2 Å². The Balaban J connectivity index is 2.10. The van der Waals surface area contributed by atoms with Crippen LogP contribution in [0.15, 0.2) is 17.2 Å². The third-order valence-corrected chi connectivity index (χ3v) is 5.12. The third kappa shape index (κ3) is 4.54. The Morgan fingerprint density at radius 3 is 2.67 bits per heavy atom. The van der Waals surface area contributed by atoms with Crippen LogP contribution >= 0.6 is 0 Å². The highest BCUT2D eigenvalue weighted by molar-refractivity contribution is 7.89. The molecule has 0 atom stereocenters. The topological polar surface area (TPSA) is 72.4 Å². The number of hydrogen-bond donors (Lipinski definition) is 2. The molecule has 0 radical (unpaired) electrons. The summed E-state index contributed by atoms with van der Waals surface area (Å²) in [6, 6.07) is 2.32. The van der Waals surface area contributed by atoms with Crippen molar-refractivity contribution >= 4 is 10.0 Å². The number of aromatic nitrogens is 1. The first-order chi connectivity index (χ1) is 9.73. The lowest BCUT2D eigenvalue weighted by Crippen LogP contribution is -2.46. The van der Waals surface area contributed by atoms with Crippen molar-refractivity contribution in [3.05, 3.63) is 18.0 Å². The SMILES string of the molecule is COCC(C)(C)NS(=O)(=O)c1cc(CNC2CC2)n(C)c1. The second kappa shape index (κ2) is 6.08. The molecule has 21 heavy (non-hydrogen) atoms. The maximum absolute atomic E-state index is 12.4. The van der Waals surface area contributed by atoms with Gasteiger partial charge in [0.25, 0.3) is 0 Å². The van der Waals surface area contributed by atoms with Crippen molar-refractivity contribution in [2.45, 2.75) is 49.7 Å². The van der Waals surface area contributed by atoms with Gasteiger partial charge in [0.2, 0.25) is 10.0 Å². The highest BCUT2D eigenvalue weighted by atomic mass is 32.2. The van der Waals surface area contributed by atoms with E-state index in [4.69, 9.17) is 4.74 Å². The molecule has 0 aliphatic heterocycles. The Labute approximate surface area is 126 Å². The number of ether oxygens (including phenoxy) is 1. The molecule has 2 rings (SSSR count). The highest BCUT2D eigenvalue weighted by Gasteiger charge is 2.27. The molecule has 0 bridgehead atoms. The molecule has 0 saturated heterocycles. The van der Waals surface area contributed by atoms with Crippen LogP contribution in [0.25, 0.3) is 0 Å². The Bertz CT molecular complexity index is 589. The third-order valence-electron chi connectivity index (χ3n) is 3.46. The first kappa shape index (κ1) is 16.5. The fraction of sp³-hybridized carbons (Fsp3) is 0.714. The van der Waals surface area contributed by atoms with Crippen molar-refractivity contribution < 1.29 is 13.2 Å². The van der Waals surface area contributed by atoms with Crippen molar-refractivity contribution in [1.82, 2.24) is 14.6 Å². The molecule has 1 aromatic rings. The van der Waals surface area contributed by atoms with Crippen LogP contribution in [0.5, 0.6) is 0 Å². The van der Waals surface area contributed by atoms with E-state index in [1.165, 1.54) is 12.8 Å². The van der Waals surface area contributed by atoms with E-state index in [9.17, 15) is 8.42 Å². The lowest BCUT2D eigenvalue weighted by atomic mass is 10.1. The summed E-state index contributed by atoms with van der Waals surface area (Å²) in [7, 11) is -0.123. The van der Waals surface area contributed by atoms with Crippen molar-refractivity contribution in [3.63, 3.8) is 0 Å². The molecule has 1 aromatic heterocycles. The number of nitrogens with zero attached hydrogens (tertiary/aromatic N) is 1. The molecule has 1 heterocycles. The van der Waals surface area contributed by atoms with Gasteiger partial charge in [0.1, 0.15) is 0 Å². The lowest BCUT2D eigenvalue weighted by Gasteiger charge is -2.24. The Kier molecular flexibility index (Phi) is 4.77. The molecule has 120 valence electrons. The van der Waals surface area contributed by atoms with Crippen LogP contribution in [0.4, 0.5) is 0 Å². The van der Waals surface area contributed by atoms with Crippen LogP contribution in [0, 0.1) is 0 Å².